The Morgan fingerprint density at radius 1 is 0.514 bits per heavy atom. The zero-order valence-corrected chi connectivity index (χ0v) is 24.4. The second kappa shape index (κ2) is 23.3. The van der Waals surface area contributed by atoms with Crippen LogP contribution in [0.25, 0.3) is 0 Å². The van der Waals surface area contributed by atoms with E-state index in [0.717, 1.165) is 56.8 Å². The maximum absolute atomic E-state index is 12.2. The van der Waals surface area contributed by atoms with Crippen LogP contribution in [0.5, 0.6) is 0 Å². The van der Waals surface area contributed by atoms with Gasteiger partial charge in [-0.25, -0.2) is 0 Å². The van der Waals surface area contributed by atoms with Crippen LogP contribution in [0, 0.1) is 23.7 Å². The summed E-state index contributed by atoms with van der Waals surface area (Å²) in [6.07, 6.45) is 19.3. The van der Waals surface area contributed by atoms with Gasteiger partial charge in [0.2, 0.25) is 0 Å². The second-order valence-electron chi connectivity index (χ2n) is 11.7. The van der Waals surface area contributed by atoms with E-state index in [4.69, 9.17) is 9.47 Å². The van der Waals surface area contributed by atoms with E-state index >= 15 is 0 Å². The van der Waals surface area contributed by atoms with Gasteiger partial charge in [0.05, 0.1) is 19.1 Å². The Bertz CT molecular complexity index is 500. The molecule has 0 saturated carbocycles. The first kappa shape index (κ1) is 33.9. The SMILES string of the molecule is CC(C)CCCCOC(=O)CCCCCCCCCCCC(C)C(C)C(=O)OCCCCC(C)C. The van der Waals surface area contributed by atoms with Crippen molar-refractivity contribution < 1.29 is 19.1 Å². The number of ether oxygens (including phenoxy) is 2. The lowest BCUT2D eigenvalue weighted by atomic mass is 9.90. The second-order valence-corrected chi connectivity index (χ2v) is 11.7. The summed E-state index contributed by atoms with van der Waals surface area (Å²) in [5.74, 6) is 1.81. The van der Waals surface area contributed by atoms with Gasteiger partial charge in [0, 0.05) is 6.42 Å². The lowest BCUT2D eigenvalue weighted by Gasteiger charge is -2.18. The molecule has 0 heterocycles. The molecule has 2 unspecified atom stereocenters. The van der Waals surface area contributed by atoms with Gasteiger partial charge in [-0.3, -0.25) is 9.59 Å². The van der Waals surface area contributed by atoms with Gasteiger partial charge >= 0.3 is 11.9 Å². The standard InChI is InChI=1S/C31H60O4/c1-26(2)20-16-18-24-34-30(32)23-15-13-11-9-7-8-10-12-14-22-28(5)29(6)31(33)35-25-19-17-21-27(3)4/h26-29H,7-25H2,1-6H3. The minimum atomic E-state index is -0.0204. The van der Waals surface area contributed by atoms with Crippen molar-refractivity contribution in [2.45, 2.75) is 151 Å². The number of hydrogen-bond donors (Lipinski definition) is 0. The molecule has 0 aromatic carbocycles. The molecule has 0 amide bonds. The molecule has 35 heavy (non-hydrogen) atoms. The van der Waals surface area contributed by atoms with Gasteiger partial charge in [0.25, 0.3) is 0 Å². The molecule has 0 bridgehead atoms. The van der Waals surface area contributed by atoms with Crippen LogP contribution in [0.3, 0.4) is 0 Å². The molecule has 0 aromatic rings. The maximum Gasteiger partial charge on any atom is 0.308 e. The minimum Gasteiger partial charge on any atom is -0.466 e. The summed E-state index contributed by atoms with van der Waals surface area (Å²) in [5, 5.41) is 0. The Labute approximate surface area is 218 Å². The Kier molecular flexibility index (Phi) is 22.6. The van der Waals surface area contributed by atoms with Crippen molar-refractivity contribution in [3.8, 4) is 0 Å². The molecule has 208 valence electrons. The summed E-state index contributed by atoms with van der Waals surface area (Å²) in [6, 6.07) is 0. The van der Waals surface area contributed by atoms with Crippen molar-refractivity contribution in [2.24, 2.45) is 23.7 Å². The van der Waals surface area contributed by atoms with Crippen molar-refractivity contribution in [2.75, 3.05) is 13.2 Å². The average Bonchev–Trinajstić information content (AvgIpc) is 2.80. The average molecular weight is 497 g/mol. The molecule has 2 atom stereocenters. The summed E-state index contributed by atoms with van der Waals surface area (Å²) in [6.45, 7) is 14.3. The minimum absolute atomic E-state index is 0.00209. The first-order valence-electron chi connectivity index (χ1n) is 15.1. The monoisotopic (exact) mass is 496 g/mol. The highest BCUT2D eigenvalue weighted by Gasteiger charge is 2.21. The van der Waals surface area contributed by atoms with Crippen LogP contribution in [-0.4, -0.2) is 25.2 Å². The van der Waals surface area contributed by atoms with Gasteiger partial charge in [-0.05, 0) is 56.3 Å². The molecule has 0 aromatic heterocycles. The number of rotatable bonds is 24. The number of unbranched alkanes of at least 4 members (excludes halogenated alkanes) is 10. The molecule has 0 rings (SSSR count). The van der Waals surface area contributed by atoms with Crippen LogP contribution in [0.2, 0.25) is 0 Å². The summed E-state index contributed by atoms with van der Waals surface area (Å²) in [4.78, 5) is 24.0. The van der Waals surface area contributed by atoms with Gasteiger partial charge < -0.3 is 9.47 Å². The molecule has 0 aliphatic carbocycles. The van der Waals surface area contributed by atoms with Gasteiger partial charge in [-0.1, -0.05) is 106 Å². The molecular weight excluding hydrogens is 436 g/mol. The Morgan fingerprint density at radius 3 is 1.46 bits per heavy atom. The van der Waals surface area contributed by atoms with Crippen molar-refractivity contribution in [1.29, 1.82) is 0 Å². The molecule has 0 aliphatic rings. The van der Waals surface area contributed by atoms with Crippen LogP contribution in [0.15, 0.2) is 0 Å². The first-order chi connectivity index (χ1) is 16.7. The van der Waals surface area contributed by atoms with Crippen molar-refractivity contribution >= 4 is 11.9 Å². The molecule has 4 heteroatoms. The van der Waals surface area contributed by atoms with E-state index in [1.165, 1.54) is 57.8 Å². The van der Waals surface area contributed by atoms with E-state index in [0.29, 0.717) is 25.6 Å². The van der Waals surface area contributed by atoms with E-state index in [1.807, 2.05) is 6.92 Å². The first-order valence-corrected chi connectivity index (χ1v) is 15.1. The third-order valence-corrected chi connectivity index (χ3v) is 7.12. The fourth-order valence-electron chi connectivity index (χ4n) is 4.33. The number of carbonyl (C=O) groups excluding carboxylic acids is 2. The largest absolute Gasteiger partial charge is 0.466 e. The quantitative estimate of drug-likeness (QED) is 0.0986. The molecule has 0 aliphatic heterocycles. The Hall–Kier alpha value is -1.06. The predicted octanol–water partition coefficient (Wildman–Crippen LogP) is 9.29. The third-order valence-electron chi connectivity index (χ3n) is 7.12. The van der Waals surface area contributed by atoms with Crippen LogP contribution in [0.4, 0.5) is 0 Å². The van der Waals surface area contributed by atoms with E-state index in [9.17, 15) is 9.59 Å². The summed E-state index contributed by atoms with van der Waals surface area (Å²) >= 11 is 0. The number of carbonyl (C=O) groups is 2. The van der Waals surface area contributed by atoms with Crippen molar-refractivity contribution in [3.63, 3.8) is 0 Å². The lowest BCUT2D eigenvalue weighted by Crippen LogP contribution is -2.22. The highest BCUT2D eigenvalue weighted by molar-refractivity contribution is 5.72. The van der Waals surface area contributed by atoms with Gasteiger partial charge in [-0.2, -0.15) is 0 Å². The van der Waals surface area contributed by atoms with Gasteiger partial charge in [0.15, 0.2) is 0 Å². The molecule has 0 spiro atoms. The zero-order valence-electron chi connectivity index (χ0n) is 24.4. The highest BCUT2D eigenvalue weighted by Crippen LogP contribution is 2.21. The zero-order chi connectivity index (χ0) is 26.3. The van der Waals surface area contributed by atoms with E-state index < -0.39 is 0 Å². The fourth-order valence-corrected chi connectivity index (χ4v) is 4.33. The van der Waals surface area contributed by atoms with Crippen LogP contribution < -0.4 is 0 Å². The Balaban J connectivity index is 3.48. The van der Waals surface area contributed by atoms with Crippen molar-refractivity contribution in [3.05, 3.63) is 0 Å². The predicted molar refractivity (Wildman–Crippen MR) is 148 cm³/mol. The summed E-state index contributed by atoms with van der Waals surface area (Å²) in [7, 11) is 0. The maximum atomic E-state index is 12.2. The Morgan fingerprint density at radius 2 is 0.943 bits per heavy atom. The lowest BCUT2D eigenvalue weighted by molar-refractivity contribution is -0.150. The van der Waals surface area contributed by atoms with Crippen molar-refractivity contribution in [1.82, 2.24) is 0 Å². The van der Waals surface area contributed by atoms with Gasteiger partial charge in [0.1, 0.15) is 0 Å². The van der Waals surface area contributed by atoms with Crippen LogP contribution in [-0.2, 0) is 19.1 Å². The van der Waals surface area contributed by atoms with E-state index in [1.54, 1.807) is 0 Å². The highest BCUT2D eigenvalue weighted by atomic mass is 16.5. The van der Waals surface area contributed by atoms with Gasteiger partial charge in [-0.15, -0.1) is 0 Å². The number of esters is 2. The smallest absolute Gasteiger partial charge is 0.308 e. The van der Waals surface area contributed by atoms with Crippen LogP contribution >= 0.6 is 0 Å². The normalized spacial score (nSPS) is 13.3. The molecule has 0 fully saturated rings. The van der Waals surface area contributed by atoms with E-state index in [2.05, 4.69) is 34.6 Å². The molecule has 0 N–H and O–H groups in total. The third kappa shape index (κ3) is 23.1. The molecule has 0 saturated heterocycles. The van der Waals surface area contributed by atoms with Crippen LogP contribution in [0.1, 0.15) is 151 Å². The summed E-state index contributed by atoms with van der Waals surface area (Å²) < 4.78 is 10.8. The number of hydrogen-bond acceptors (Lipinski definition) is 4. The molecular formula is C31H60O4. The fraction of sp³-hybridized carbons (Fsp3) is 0.935. The van der Waals surface area contributed by atoms with E-state index in [-0.39, 0.29) is 17.9 Å². The molecule has 4 nitrogen and oxygen atoms in total. The molecule has 0 radical (unpaired) electrons. The summed E-state index contributed by atoms with van der Waals surface area (Å²) in [5.41, 5.74) is 0. The topological polar surface area (TPSA) is 52.6 Å².